The van der Waals surface area contributed by atoms with E-state index in [0.717, 1.165) is 22.3 Å². The fraction of sp³-hybridized carbons (Fsp3) is 0.400. The van der Waals surface area contributed by atoms with E-state index in [2.05, 4.69) is 11.2 Å². The minimum Gasteiger partial charge on any atom is -0.275 e. The van der Waals surface area contributed by atoms with Crippen molar-refractivity contribution in [1.82, 2.24) is 9.78 Å². The molecule has 1 heterocycles. The Labute approximate surface area is 108 Å². The molecule has 1 aromatic heterocycles. The first-order chi connectivity index (χ1) is 8.70. The summed E-state index contributed by atoms with van der Waals surface area (Å²) in [5.74, 6) is 0. The zero-order valence-electron chi connectivity index (χ0n) is 11.6. The minimum atomic E-state index is -0.299. The van der Waals surface area contributed by atoms with Crippen molar-refractivity contribution in [3.8, 4) is 11.1 Å². The van der Waals surface area contributed by atoms with Gasteiger partial charge in [0.25, 0.3) is 0 Å². The first-order valence-corrected chi connectivity index (χ1v) is 6.35. The van der Waals surface area contributed by atoms with Crippen LogP contribution >= 0.6 is 0 Å². The van der Waals surface area contributed by atoms with Gasteiger partial charge in [-0.1, -0.05) is 32.0 Å². The van der Waals surface area contributed by atoms with Crippen LogP contribution in [-0.4, -0.2) is 16.5 Å². The van der Waals surface area contributed by atoms with E-state index in [4.69, 9.17) is 0 Å². The van der Waals surface area contributed by atoms with Gasteiger partial charge in [-0.05, 0) is 23.6 Å². The molecule has 0 bridgehead atoms. The molecule has 3 heteroatoms. The molecular formula is C15H21FN2. The van der Waals surface area contributed by atoms with Crippen LogP contribution in [0.15, 0.2) is 30.6 Å². The molecule has 0 aliphatic heterocycles. The molecule has 18 heavy (non-hydrogen) atoms. The molecule has 0 spiro atoms. The number of alkyl halides is 1. The van der Waals surface area contributed by atoms with Crippen molar-refractivity contribution in [2.24, 2.45) is 7.05 Å². The van der Waals surface area contributed by atoms with E-state index < -0.39 is 0 Å². The van der Waals surface area contributed by atoms with Crippen LogP contribution in [0.4, 0.5) is 4.39 Å². The average Bonchev–Trinajstić information content (AvgIpc) is 2.81. The normalized spacial score (nSPS) is 9.83. The summed E-state index contributed by atoms with van der Waals surface area (Å²) in [6, 6.07) is 6.11. The van der Waals surface area contributed by atoms with Crippen molar-refractivity contribution in [3.05, 3.63) is 41.7 Å². The van der Waals surface area contributed by atoms with Crippen molar-refractivity contribution < 1.29 is 4.39 Å². The Morgan fingerprint density at radius 3 is 2.44 bits per heavy atom. The second-order valence-corrected chi connectivity index (χ2v) is 3.98. The highest BCUT2D eigenvalue weighted by atomic mass is 19.1. The third-order valence-electron chi connectivity index (χ3n) is 2.74. The first-order valence-electron chi connectivity index (χ1n) is 6.35. The maximum absolute atomic E-state index is 12.3. The maximum Gasteiger partial charge on any atom is 0.0934 e. The smallest absolute Gasteiger partial charge is 0.0934 e. The SMILES string of the molecule is CC.Cc1cc(-c2cnn(C)c2)ccc1CCF. The van der Waals surface area contributed by atoms with Gasteiger partial charge in [-0.3, -0.25) is 9.07 Å². The summed E-state index contributed by atoms with van der Waals surface area (Å²) in [7, 11) is 1.90. The minimum absolute atomic E-state index is 0.299. The zero-order chi connectivity index (χ0) is 13.5. The predicted octanol–water partition coefficient (Wildman–Crippen LogP) is 3.93. The topological polar surface area (TPSA) is 17.8 Å². The monoisotopic (exact) mass is 248 g/mol. The lowest BCUT2D eigenvalue weighted by molar-refractivity contribution is 0.495. The molecule has 0 unspecified atom stereocenters. The van der Waals surface area contributed by atoms with Gasteiger partial charge >= 0.3 is 0 Å². The van der Waals surface area contributed by atoms with Gasteiger partial charge in [-0.2, -0.15) is 5.10 Å². The highest BCUT2D eigenvalue weighted by Crippen LogP contribution is 2.21. The van der Waals surface area contributed by atoms with Crippen LogP contribution in [0.3, 0.4) is 0 Å². The van der Waals surface area contributed by atoms with E-state index in [-0.39, 0.29) is 6.67 Å². The number of hydrogen-bond donors (Lipinski definition) is 0. The van der Waals surface area contributed by atoms with E-state index in [1.54, 1.807) is 4.68 Å². The molecule has 0 saturated heterocycles. The molecule has 0 atom stereocenters. The van der Waals surface area contributed by atoms with Crippen molar-refractivity contribution in [2.75, 3.05) is 6.67 Å². The van der Waals surface area contributed by atoms with Gasteiger partial charge in [0.1, 0.15) is 0 Å². The number of rotatable bonds is 3. The van der Waals surface area contributed by atoms with Gasteiger partial charge < -0.3 is 0 Å². The van der Waals surface area contributed by atoms with Crippen LogP contribution in [0, 0.1) is 6.92 Å². The molecule has 2 aromatic rings. The van der Waals surface area contributed by atoms with Gasteiger partial charge in [-0.15, -0.1) is 0 Å². The average molecular weight is 248 g/mol. The van der Waals surface area contributed by atoms with Crippen molar-refractivity contribution in [3.63, 3.8) is 0 Å². The highest BCUT2D eigenvalue weighted by molar-refractivity contribution is 5.63. The highest BCUT2D eigenvalue weighted by Gasteiger charge is 2.03. The second kappa shape index (κ2) is 6.94. The Kier molecular flexibility index (Phi) is 5.56. The molecule has 0 amide bonds. The maximum atomic E-state index is 12.3. The van der Waals surface area contributed by atoms with Crippen molar-refractivity contribution >= 4 is 0 Å². The number of aryl methyl sites for hydroxylation is 3. The molecule has 2 rings (SSSR count). The Hall–Kier alpha value is -1.64. The zero-order valence-corrected chi connectivity index (χ0v) is 11.6. The Morgan fingerprint density at radius 2 is 1.94 bits per heavy atom. The summed E-state index contributed by atoms with van der Waals surface area (Å²) in [5, 5.41) is 4.14. The molecule has 0 N–H and O–H groups in total. The Bertz CT molecular complexity index is 489. The van der Waals surface area contributed by atoms with Crippen LogP contribution in [0.5, 0.6) is 0 Å². The van der Waals surface area contributed by atoms with Crippen LogP contribution in [0.2, 0.25) is 0 Å². The Morgan fingerprint density at radius 1 is 1.22 bits per heavy atom. The molecule has 0 aliphatic rings. The molecule has 1 aromatic carbocycles. The summed E-state index contributed by atoms with van der Waals surface area (Å²) >= 11 is 0. The number of benzene rings is 1. The summed E-state index contributed by atoms with van der Waals surface area (Å²) in [6.07, 6.45) is 4.31. The van der Waals surface area contributed by atoms with E-state index in [1.807, 2.05) is 52.3 Å². The molecule has 0 saturated carbocycles. The first kappa shape index (κ1) is 14.4. The summed E-state index contributed by atoms with van der Waals surface area (Å²) in [5.41, 5.74) is 4.44. The van der Waals surface area contributed by atoms with Gasteiger partial charge in [0, 0.05) is 25.2 Å². The second-order valence-electron chi connectivity index (χ2n) is 3.98. The fourth-order valence-electron chi connectivity index (χ4n) is 1.83. The van der Waals surface area contributed by atoms with Gasteiger partial charge in [0.15, 0.2) is 0 Å². The largest absolute Gasteiger partial charge is 0.275 e. The lowest BCUT2D eigenvalue weighted by Gasteiger charge is -2.05. The lowest BCUT2D eigenvalue weighted by Crippen LogP contribution is -1.91. The van der Waals surface area contributed by atoms with Crippen LogP contribution in [0.1, 0.15) is 25.0 Å². The lowest BCUT2D eigenvalue weighted by atomic mass is 10.0. The molecule has 0 aliphatic carbocycles. The van der Waals surface area contributed by atoms with Gasteiger partial charge in [0.2, 0.25) is 0 Å². The summed E-state index contributed by atoms with van der Waals surface area (Å²) < 4.78 is 14.1. The number of hydrogen-bond acceptors (Lipinski definition) is 1. The van der Waals surface area contributed by atoms with Gasteiger partial charge in [0.05, 0.1) is 12.9 Å². The van der Waals surface area contributed by atoms with Crippen LogP contribution in [0.25, 0.3) is 11.1 Å². The predicted molar refractivity (Wildman–Crippen MR) is 74.4 cm³/mol. The number of aromatic nitrogens is 2. The summed E-state index contributed by atoms with van der Waals surface area (Å²) in [6.45, 7) is 5.72. The third kappa shape index (κ3) is 3.42. The van der Waals surface area contributed by atoms with Crippen molar-refractivity contribution in [1.29, 1.82) is 0 Å². The van der Waals surface area contributed by atoms with Crippen molar-refractivity contribution in [2.45, 2.75) is 27.2 Å². The van der Waals surface area contributed by atoms with E-state index >= 15 is 0 Å². The molecular weight excluding hydrogens is 227 g/mol. The van der Waals surface area contributed by atoms with Crippen LogP contribution in [-0.2, 0) is 13.5 Å². The fourth-order valence-corrected chi connectivity index (χ4v) is 1.83. The van der Waals surface area contributed by atoms with E-state index in [0.29, 0.717) is 6.42 Å². The molecule has 0 fully saturated rings. The van der Waals surface area contributed by atoms with E-state index in [1.165, 1.54) is 0 Å². The molecule has 98 valence electrons. The third-order valence-corrected chi connectivity index (χ3v) is 2.74. The molecule has 2 nitrogen and oxygen atoms in total. The Balaban J connectivity index is 0.000000771. The molecule has 0 radical (unpaired) electrons. The number of halogens is 1. The standard InChI is InChI=1S/C13H15FN2.C2H6/c1-10-7-12(4-3-11(10)5-6-14)13-8-15-16(2)9-13;1-2/h3-4,7-9H,5-6H2,1-2H3;1-2H3. The quantitative estimate of drug-likeness (QED) is 0.804. The van der Waals surface area contributed by atoms with Gasteiger partial charge in [-0.25, -0.2) is 0 Å². The van der Waals surface area contributed by atoms with Crippen LogP contribution < -0.4 is 0 Å². The number of nitrogens with zero attached hydrogens (tertiary/aromatic N) is 2. The van der Waals surface area contributed by atoms with E-state index in [9.17, 15) is 4.39 Å². The summed E-state index contributed by atoms with van der Waals surface area (Å²) in [4.78, 5) is 0.